The normalized spacial score (nSPS) is 13.5. The second kappa shape index (κ2) is 8.22. The minimum Gasteiger partial charge on any atom is -0.367 e. The first-order chi connectivity index (χ1) is 12.1. The van der Waals surface area contributed by atoms with Gasteiger partial charge in [-0.15, -0.1) is 11.3 Å². The summed E-state index contributed by atoms with van der Waals surface area (Å²) in [4.78, 5) is 30.4. The summed E-state index contributed by atoms with van der Waals surface area (Å²) in [5, 5.41) is 5.18. The summed E-state index contributed by atoms with van der Waals surface area (Å²) in [5.74, 6) is -0.374. The highest BCUT2D eigenvalue weighted by molar-refractivity contribution is 7.13. The van der Waals surface area contributed by atoms with Crippen LogP contribution in [-0.2, 0) is 20.9 Å². The first kappa shape index (κ1) is 17.6. The van der Waals surface area contributed by atoms with Crippen molar-refractivity contribution in [1.82, 2.24) is 9.88 Å². The molecule has 2 aromatic rings. The molecule has 132 valence electrons. The molecule has 0 unspecified atom stereocenters. The number of nitrogens with one attached hydrogen (secondary N) is 1. The Bertz CT molecular complexity index is 728. The predicted molar refractivity (Wildman–Crippen MR) is 96.3 cm³/mol. The Kier molecular flexibility index (Phi) is 5.78. The van der Waals surface area contributed by atoms with Crippen LogP contribution in [0.2, 0.25) is 0 Å². The molecule has 3 rings (SSSR count). The molecular weight excluding hydrogens is 338 g/mol. The summed E-state index contributed by atoms with van der Waals surface area (Å²) < 4.78 is 5.51. The molecule has 1 heterocycles. The third-order valence-electron chi connectivity index (χ3n) is 3.82. The monoisotopic (exact) mass is 359 g/mol. The van der Waals surface area contributed by atoms with Crippen LogP contribution in [0.4, 0.5) is 5.13 Å². The van der Waals surface area contributed by atoms with Gasteiger partial charge in [-0.25, -0.2) is 4.98 Å². The first-order valence-corrected chi connectivity index (χ1v) is 9.13. The van der Waals surface area contributed by atoms with Crippen LogP contribution >= 0.6 is 11.3 Å². The molecule has 25 heavy (non-hydrogen) atoms. The number of carbonyl (C=O) groups excluding carboxylic acids is 2. The fraction of sp³-hybridized carbons (Fsp3) is 0.389. The van der Waals surface area contributed by atoms with Crippen LogP contribution in [-0.4, -0.2) is 40.9 Å². The molecule has 1 aromatic heterocycles. The molecule has 0 bridgehead atoms. The molecule has 0 spiro atoms. The molecule has 1 aliphatic rings. The van der Waals surface area contributed by atoms with E-state index in [1.807, 2.05) is 42.6 Å². The van der Waals surface area contributed by atoms with Gasteiger partial charge in [0.2, 0.25) is 11.8 Å². The lowest BCUT2D eigenvalue weighted by atomic mass is 10.2. The topological polar surface area (TPSA) is 71.5 Å². The predicted octanol–water partition coefficient (Wildman–Crippen LogP) is 2.60. The number of nitrogens with zero attached hydrogens (tertiary/aromatic N) is 2. The fourth-order valence-corrected chi connectivity index (χ4v) is 3.15. The molecule has 1 N–H and O–H groups in total. The molecule has 0 radical (unpaired) electrons. The van der Waals surface area contributed by atoms with Gasteiger partial charge in [-0.1, -0.05) is 30.3 Å². The number of aromatic nitrogens is 1. The summed E-state index contributed by atoms with van der Waals surface area (Å²) >= 11 is 1.38. The third-order valence-corrected chi connectivity index (χ3v) is 4.70. The van der Waals surface area contributed by atoms with Gasteiger partial charge in [0.25, 0.3) is 0 Å². The van der Waals surface area contributed by atoms with Crippen LogP contribution in [0.5, 0.6) is 0 Å². The van der Waals surface area contributed by atoms with Crippen molar-refractivity contribution in [3.8, 4) is 0 Å². The highest BCUT2D eigenvalue weighted by Crippen LogP contribution is 2.27. The van der Waals surface area contributed by atoms with E-state index in [2.05, 4.69) is 10.3 Å². The van der Waals surface area contributed by atoms with Gasteiger partial charge < -0.3 is 15.0 Å². The minimum absolute atomic E-state index is 0.0188. The number of benzene rings is 1. The van der Waals surface area contributed by atoms with E-state index in [0.29, 0.717) is 11.7 Å². The molecule has 6 nitrogen and oxygen atoms in total. The van der Waals surface area contributed by atoms with E-state index in [0.717, 1.165) is 24.1 Å². The standard InChI is InChI=1S/C18H21N3O3S/c1-13-12-25-18(19-13)20-16(22)9-21(15-7-8-15)17(23)11-24-10-14-5-3-2-4-6-14/h2-6,12,15H,7-11H2,1H3,(H,19,20,22). The largest absolute Gasteiger partial charge is 0.367 e. The van der Waals surface area contributed by atoms with Crippen molar-refractivity contribution in [3.63, 3.8) is 0 Å². The fourth-order valence-electron chi connectivity index (χ4n) is 2.45. The highest BCUT2D eigenvalue weighted by Gasteiger charge is 2.33. The van der Waals surface area contributed by atoms with E-state index in [-0.39, 0.29) is 31.0 Å². The smallest absolute Gasteiger partial charge is 0.249 e. The van der Waals surface area contributed by atoms with Gasteiger partial charge >= 0.3 is 0 Å². The molecule has 0 atom stereocenters. The summed E-state index contributed by atoms with van der Waals surface area (Å²) in [6, 6.07) is 9.85. The Hall–Kier alpha value is -2.25. The lowest BCUT2D eigenvalue weighted by Gasteiger charge is -2.21. The van der Waals surface area contributed by atoms with Crippen LogP contribution in [0.15, 0.2) is 35.7 Å². The van der Waals surface area contributed by atoms with Crippen molar-refractivity contribution in [3.05, 3.63) is 47.0 Å². The van der Waals surface area contributed by atoms with Crippen molar-refractivity contribution in [1.29, 1.82) is 0 Å². The second-order valence-corrected chi connectivity index (χ2v) is 6.93. The van der Waals surface area contributed by atoms with E-state index >= 15 is 0 Å². The van der Waals surface area contributed by atoms with E-state index in [1.54, 1.807) is 4.90 Å². The zero-order valence-electron chi connectivity index (χ0n) is 14.1. The average Bonchev–Trinajstić information content (AvgIpc) is 3.36. The first-order valence-electron chi connectivity index (χ1n) is 8.25. The summed E-state index contributed by atoms with van der Waals surface area (Å²) in [6.45, 7) is 2.28. The zero-order chi connectivity index (χ0) is 17.6. The summed E-state index contributed by atoms with van der Waals surface area (Å²) in [6.07, 6.45) is 1.88. The number of thiazole rings is 1. The summed E-state index contributed by atoms with van der Waals surface area (Å²) in [7, 11) is 0. The van der Waals surface area contributed by atoms with Crippen LogP contribution in [0.25, 0.3) is 0 Å². The highest BCUT2D eigenvalue weighted by atomic mass is 32.1. The zero-order valence-corrected chi connectivity index (χ0v) is 14.9. The van der Waals surface area contributed by atoms with E-state index < -0.39 is 0 Å². The van der Waals surface area contributed by atoms with Crippen LogP contribution in [0.3, 0.4) is 0 Å². The average molecular weight is 359 g/mol. The lowest BCUT2D eigenvalue weighted by molar-refractivity contribution is -0.139. The van der Waals surface area contributed by atoms with E-state index in [9.17, 15) is 9.59 Å². The van der Waals surface area contributed by atoms with Gasteiger partial charge in [0, 0.05) is 11.4 Å². The Morgan fingerprint density at radius 3 is 2.72 bits per heavy atom. The number of hydrogen-bond donors (Lipinski definition) is 1. The number of anilines is 1. The van der Waals surface area contributed by atoms with Crippen LogP contribution in [0.1, 0.15) is 24.1 Å². The molecule has 0 aliphatic heterocycles. The van der Waals surface area contributed by atoms with Crippen molar-refractivity contribution in [2.75, 3.05) is 18.5 Å². The lowest BCUT2D eigenvalue weighted by Crippen LogP contribution is -2.41. The van der Waals surface area contributed by atoms with Gasteiger partial charge in [0.05, 0.1) is 12.3 Å². The number of aryl methyl sites for hydroxylation is 1. The molecule has 0 saturated heterocycles. The number of rotatable bonds is 8. The number of ether oxygens (including phenoxy) is 1. The van der Waals surface area contributed by atoms with Gasteiger partial charge in [0.15, 0.2) is 5.13 Å². The Labute approximate surface area is 150 Å². The van der Waals surface area contributed by atoms with Crippen molar-refractivity contribution < 1.29 is 14.3 Å². The second-order valence-electron chi connectivity index (χ2n) is 6.07. The SMILES string of the molecule is Cc1csc(NC(=O)CN(C(=O)COCc2ccccc2)C2CC2)n1. The van der Waals surface area contributed by atoms with Gasteiger partial charge in [-0.2, -0.15) is 0 Å². The Morgan fingerprint density at radius 1 is 1.32 bits per heavy atom. The molecule has 1 fully saturated rings. The quantitative estimate of drug-likeness (QED) is 0.786. The minimum atomic E-state index is -0.224. The Balaban J connectivity index is 1.48. The molecular formula is C18H21N3O3S. The van der Waals surface area contributed by atoms with Crippen molar-refractivity contribution >= 4 is 28.3 Å². The maximum Gasteiger partial charge on any atom is 0.249 e. The Morgan fingerprint density at radius 2 is 2.08 bits per heavy atom. The number of hydrogen-bond acceptors (Lipinski definition) is 5. The van der Waals surface area contributed by atoms with Crippen LogP contribution < -0.4 is 5.32 Å². The third kappa shape index (κ3) is 5.37. The number of carbonyl (C=O) groups is 2. The van der Waals surface area contributed by atoms with E-state index in [4.69, 9.17) is 4.74 Å². The molecule has 1 aromatic carbocycles. The van der Waals surface area contributed by atoms with Crippen molar-refractivity contribution in [2.45, 2.75) is 32.4 Å². The maximum absolute atomic E-state index is 12.4. The molecule has 2 amide bonds. The van der Waals surface area contributed by atoms with Gasteiger partial charge in [0.1, 0.15) is 13.2 Å². The van der Waals surface area contributed by atoms with Gasteiger partial charge in [-0.3, -0.25) is 9.59 Å². The van der Waals surface area contributed by atoms with E-state index in [1.165, 1.54) is 11.3 Å². The van der Waals surface area contributed by atoms with Crippen molar-refractivity contribution in [2.24, 2.45) is 0 Å². The maximum atomic E-state index is 12.4. The number of amides is 2. The summed E-state index contributed by atoms with van der Waals surface area (Å²) in [5.41, 5.74) is 1.88. The molecule has 1 saturated carbocycles. The van der Waals surface area contributed by atoms with Gasteiger partial charge in [-0.05, 0) is 25.3 Å². The van der Waals surface area contributed by atoms with Crippen LogP contribution in [0, 0.1) is 6.92 Å². The molecule has 7 heteroatoms. The molecule has 1 aliphatic carbocycles.